The second-order valence-electron chi connectivity index (χ2n) is 4.73. The van der Waals surface area contributed by atoms with Crippen molar-refractivity contribution in [3.05, 3.63) is 30.0 Å². The first-order valence-electron chi connectivity index (χ1n) is 12.1. The van der Waals surface area contributed by atoms with Crippen molar-refractivity contribution in [2.45, 2.75) is 19.3 Å². The fraction of sp³-hybridized carbons (Fsp3) is 0.500. The van der Waals surface area contributed by atoms with Crippen molar-refractivity contribution in [1.29, 1.82) is 0 Å². The van der Waals surface area contributed by atoms with Gasteiger partial charge in [0.2, 0.25) is 0 Å². The molecule has 2 atom stereocenters. The molecule has 2 aromatic rings. The standard InChI is InChI=1S/C16H20N6O/c1-11-5-7-22(14(23)8-17-2)9-13(11)21(3)16-12-4-6-18-15(12)19-10-20-16/h4,6,10-11,13H,5,7-9H2,1,3H3,(H,18,19,20)/t11-,13+/m1/s1/i1D3,5D2,7D2,9D2,10D,11D. The van der Waals surface area contributed by atoms with E-state index in [0.29, 0.717) is 0 Å². The van der Waals surface area contributed by atoms with Crippen LogP contribution >= 0.6 is 0 Å². The van der Waals surface area contributed by atoms with Gasteiger partial charge in [0, 0.05) is 37.2 Å². The van der Waals surface area contributed by atoms with Gasteiger partial charge < -0.3 is 19.6 Å². The summed E-state index contributed by atoms with van der Waals surface area (Å²) in [6.07, 6.45) is -2.79. The van der Waals surface area contributed by atoms with E-state index in [1.165, 1.54) is 12.3 Å². The second kappa shape index (κ2) is 6.24. The van der Waals surface area contributed by atoms with Gasteiger partial charge in [-0.05, 0) is 18.3 Å². The van der Waals surface area contributed by atoms with E-state index in [9.17, 15) is 4.79 Å². The van der Waals surface area contributed by atoms with E-state index in [0.717, 1.165) is 11.9 Å². The number of aromatic amines is 1. The van der Waals surface area contributed by atoms with Crippen LogP contribution in [0.15, 0.2) is 18.6 Å². The quantitative estimate of drug-likeness (QED) is 0.870. The first kappa shape index (κ1) is 6.87. The number of nitrogens with zero attached hydrogens (tertiary/aromatic N) is 5. The molecule has 1 aliphatic rings. The number of H-pyrrole nitrogens is 1. The minimum absolute atomic E-state index is 0.127. The van der Waals surface area contributed by atoms with Gasteiger partial charge in [-0.15, -0.1) is 0 Å². The summed E-state index contributed by atoms with van der Waals surface area (Å²) in [5, 5.41) is 0.190. The number of rotatable bonds is 3. The highest BCUT2D eigenvalue weighted by molar-refractivity contribution is 5.87. The summed E-state index contributed by atoms with van der Waals surface area (Å²) in [4.78, 5) is 26.7. The average Bonchev–Trinajstić information content (AvgIpc) is 3.12. The number of likely N-dealkylation sites (tertiary alicyclic amines) is 1. The lowest BCUT2D eigenvalue weighted by atomic mass is 9.92. The molecular weight excluding hydrogens is 292 g/mol. The third-order valence-electron chi connectivity index (χ3n) is 3.30. The zero-order valence-corrected chi connectivity index (χ0v) is 12.1. The summed E-state index contributed by atoms with van der Waals surface area (Å²) in [6, 6.07) is -0.927. The molecule has 1 saturated heterocycles. The highest BCUT2D eigenvalue weighted by atomic mass is 16.2. The zero-order chi connectivity index (χ0) is 26.1. The van der Waals surface area contributed by atoms with Crippen LogP contribution in [0.4, 0.5) is 5.82 Å². The maximum absolute atomic E-state index is 12.7. The number of likely N-dealkylation sites (N-methyl/N-ethyl adjacent to an activating group) is 1. The number of hydrogen-bond donors (Lipinski definition) is 1. The van der Waals surface area contributed by atoms with Gasteiger partial charge in [-0.25, -0.2) is 16.5 Å². The molecule has 0 radical (unpaired) electrons. The molecule has 3 heterocycles. The first-order valence-corrected chi connectivity index (χ1v) is 6.58. The van der Waals surface area contributed by atoms with Gasteiger partial charge in [0.1, 0.15) is 19.1 Å². The average molecular weight is 323 g/mol. The molecule has 0 spiro atoms. The number of aromatic nitrogens is 3. The Morgan fingerprint density at radius 2 is 2.65 bits per heavy atom. The zero-order valence-electron chi connectivity index (χ0n) is 23.1. The van der Waals surface area contributed by atoms with E-state index in [4.69, 9.17) is 21.7 Å². The van der Waals surface area contributed by atoms with Crippen LogP contribution in [0, 0.1) is 12.5 Å². The Hall–Kier alpha value is -2.62. The van der Waals surface area contributed by atoms with Crippen LogP contribution in [0.5, 0.6) is 0 Å². The third-order valence-corrected chi connectivity index (χ3v) is 3.30. The lowest BCUT2D eigenvalue weighted by molar-refractivity contribution is -0.130. The first-order chi connectivity index (χ1) is 15.4. The Morgan fingerprint density at radius 3 is 3.43 bits per heavy atom. The Morgan fingerprint density at radius 1 is 1.78 bits per heavy atom. The molecule has 7 heteroatoms. The number of piperidine rings is 1. The van der Waals surface area contributed by atoms with Crippen molar-refractivity contribution in [3.63, 3.8) is 0 Å². The largest absolute Gasteiger partial charge is 0.354 e. The Labute approximate surface area is 150 Å². The van der Waals surface area contributed by atoms with Crippen molar-refractivity contribution in [2.75, 3.05) is 31.5 Å². The van der Waals surface area contributed by atoms with Gasteiger partial charge >= 0.3 is 5.91 Å². The lowest BCUT2D eigenvalue weighted by Gasteiger charge is -2.41. The van der Waals surface area contributed by atoms with Crippen LogP contribution in [0.25, 0.3) is 15.9 Å². The van der Waals surface area contributed by atoms with Crippen molar-refractivity contribution >= 4 is 22.8 Å². The predicted octanol–water partition coefficient (Wildman–Crippen LogP) is 1.55. The Kier molecular flexibility index (Phi) is 1.87. The van der Waals surface area contributed by atoms with Crippen molar-refractivity contribution in [2.24, 2.45) is 5.89 Å². The smallest absolute Gasteiger partial charge is 0.302 e. The number of hydrogen-bond acceptors (Lipinski definition) is 4. The van der Waals surface area contributed by atoms with E-state index >= 15 is 0 Å². The van der Waals surface area contributed by atoms with Gasteiger partial charge in [-0.3, -0.25) is 4.79 Å². The van der Waals surface area contributed by atoms with Gasteiger partial charge in [0.15, 0.2) is 0 Å². The number of anilines is 1. The molecule has 0 unspecified atom stereocenters. The molecule has 0 aromatic carbocycles. The van der Waals surface area contributed by atoms with Gasteiger partial charge in [-0.2, -0.15) is 0 Å². The van der Waals surface area contributed by atoms with Crippen LogP contribution in [-0.2, 0) is 4.79 Å². The topological polar surface area (TPSA) is 69.5 Å². The molecule has 7 nitrogen and oxygen atoms in total. The molecule has 0 aliphatic carbocycles. The maximum Gasteiger partial charge on any atom is 0.302 e. The van der Waals surface area contributed by atoms with E-state index in [1.54, 1.807) is 0 Å². The normalized spacial score (nSPS) is 38.5. The minimum atomic E-state index is -3.67. The van der Waals surface area contributed by atoms with E-state index in [-0.39, 0.29) is 21.8 Å². The summed E-state index contributed by atoms with van der Waals surface area (Å²) in [6.45, 7) is -4.66. The molecular formula is C16H20N6O. The van der Waals surface area contributed by atoms with Gasteiger partial charge in [0.25, 0.3) is 6.54 Å². The van der Waals surface area contributed by atoms with Crippen LogP contribution < -0.4 is 4.90 Å². The number of carbonyl (C=O) groups excluding carboxylic acids is 1. The minimum Gasteiger partial charge on any atom is -0.354 e. The maximum atomic E-state index is 12.7. The molecule has 3 rings (SSSR count). The third kappa shape index (κ3) is 2.84. The van der Waals surface area contributed by atoms with Crippen LogP contribution in [0.3, 0.4) is 0 Å². The van der Waals surface area contributed by atoms with Gasteiger partial charge in [0.05, 0.1) is 14.2 Å². The summed E-state index contributed by atoms with van der Waals surface area (Å²) in [5.74, 6) is -5.15. The molecule has 23 heavy (non-hydrogen) atoms. The molecule has 1 fully saturated rings. The summed E-state index contributed by atoms with van der Waals surface area (Å²) < 4.78 is 91.3. The Bertz CT molecular complexity index is 1170. The second-order valence-corrected chi connectivity index (χ2v) is 4.73. The predicted molar refractivity (Wildman–Crippen MR) is 87.9 cm³/mol. The van der Waals surface area contributed by atoms with E-state index in [1.807, 2.05) is 0 Å². The van der Waals surface area contributed by atoms with Crippen LogP contribution in [-0.4, -0.2) is 58.4 Å². The van der Waals surface area contributed by atoms with Gasteiger partial charge in [-0.1, -0.05) is 6.85 Å². The monoisotopic (exact) mass is 323 g/mol. The highest BCUT2D eigenvalue weighted by Gasteiger charge is 2.33. The van der Waals surface area contributed by atoms with Crippen molar-refractivity contribution in [3.8, 4) is 0 Å². The molecule has 1 aliphatic heterocycles. The molecule has 120 valence electrons. The van der Waals surface area contributed by atoms with Crippen molar-refractivity contribution < 1.29 is 19.9 Å². The van der Waals surface area contributed by atoms with Crippen LogP contribution in [0.2, 0.25) is 0 Å². The number of carbonyl (C=O) groups is 1. The lowest BCUT2D eigenvalue weighted by Crippen LogP contribution is -2.53. The summed E-state index contributed by atoms with van der Waals surface area (Å²) in [7, 11) is 1.11. The van der Waals surface area contributed by atoms with Crippen molar-refractivity contribution in [1.82, 2.24) is 19.9 Å². The van der Waals surface area contributed by atoms with E-state index < -0.39 is 56.9 Å². The summed E-state index contributed by atoms with van der Waals surface area (Å²) in [5.41, 5.74) is 0.127. The number of amides is 1. The number of fused-ring (bicyclic) bond motifs is 1. The highest BCUT2D eigenvalue weighted by Crippen LogP contribution is 2.28. The SMILES string of the molecule is [2H]c1nc(N(C)[C@H]2C([2H])([2H])N(C(=O)C[N+]#[C-])C([2H])([2H])C([2H])([2H])[C@@]2([2H])C([2H])([2H])[2H])c2cc[nH]c2n1. The molecule has 2 aromatic heterocycles. The molecule has 0 saturated carbocycles. The fourth-order valence-electron chi connectivity index (χ4n) is 2.16. The number of nitrogens with one attached hydrogen (secondary N) is 1. The molecule has 1 amide bonds. The van der Waals surface area contributed by atoms with Crippen LogP contribution in [0.1, 0.15) is 28.3 Å². The van der Waals surface area contributed by atoms with E-state index in [2.05, 4.69) is 19.8 Å². The molecule has 0 bridgehead atoms. The molecule has 1 N–H and O–H groups in total. The Balaban J connectivity index is 2.40. The fourth-order valence-corrected chi connectivity index (χ4v) is 2.16. The summed E-state index contributed by atoms with van der Waals surface area (Å²) >= 11 is 0.